The Hall–Kier alpha value is -3.93. The zero-order valence-electron chi connectivity index (χ0n) is 18.5. The lowest BCUT2D eigenvalue weighted by Crippen LogP contribution is -2.04. The Kier molecular flexibility index (Phi) is 6.31. The molecule has 0 saturated heterocycles. The van der Waals surface area contributed by atoms with Gasteiger partial charge in [0.2, 0.25) is 0 Å². The fourth-order valence-electron chi connectivity index (χ4n) is 3.45. The molecule has 4 aromatic rings. The summed E-state index contributed by atoms with van der Waals surface area (Å²) in [5, 5.41) is 1.61. The highest BCUT2D eigenvalue weighted by atomic mass is 16.5. The Morgan fingerprint density at radius 1 is 0.781 bits per heavy atom. The Morgan fingerprint density at radius 2 is 1.62 bits per heavy atom. The maximum Gasteiger partial charge on any atom is 0.161 e. The third-order valence-corrected chi connectivity index (χ3v) is 5.00. The topological polar surface area (TPSA) is 62.4 Å². The van der Waals surface area contributed by atoms with Crippen LogP contribution in [0, 0.1) is 0 Å². The van der Waals surface area contributed by atoms with Crippen LogP contribution in [-0.2, 0) is 0 Å². The standard InChI is InChI=1S/C26H25NO5/c1-5-31-20-10-12-23-21(15-20)22(27-18-7-6-8-19(14-18)28-2)16-25(32-23)17-9-11-24(29-3)26(13-17)30-4/h6-16H,5H2,1-4H3. The monoisotopic (exact) mass is 431 g/mol. The van der Waals surface area contributed by atoms with Gasteiger partial charge in [0.1, 0.15) is 22.8 Å². The van der Waals surface area contributed by atoms with E-state index in [1.807, 2.05) is 73.7 Å². The minimum absolute atomic E-state index is 0.578. The first kappa shape index (κ1) is 21.3. The van der Waals surface area contributed by atoms with Crippen LogP contribution in [0.4, 0.5) is 5.69 Å². The van der Waals surface area contributed by atoms with Crippen LogP contribution < -0.4 is 24.3 Å². The quantitative estimate of drug-likeness (QED) is 0.372. The van der Waals surface area contributed by atoms with Crippen molar-refractivity contribution in [2.75, 3.05) is 27.9 Å². The molecule has 6 heteroatoms. The lowest BCUT2D eigenvalue weighted by Gasteiger charge is -2.11. The molecule has 1 heterocycles. The van der Waals surface area contributed by atoms with Crippen LogP contribution in [-0.4, -0.2) is 27.9 Å². The molecule has 0 radical (unpaired) electrons. The van der Waals surface area contributed by atoms with E-state index in [0.29, 0.717) is 29.4 Å². The van der Waals surface area contributed by atoms with Crippen molar-refractivity contribution in [3.8, 4) is 34.3 Å². The predicted octanol–water partition coefficient (Wildman–Crippen LogP) is 5.76. The van der Waals surface area contributed by atoms with E-state index >= 15 is 0 Å². The molecule has 32 heavy (non-hydrogen) atoms. The van der Waals surface area contributed by atoms with Gasteiger partial charge in [-0.05, 0) is 55.5 Å². The summed E-state index contributed by atoms with van der Waals surface area (Å²) in [6.45, 7) is 2.53. The van der Waals surface area contributed by atoms with Crippen molar-refractivity contribution in [1.29, 1.82) is 0 Å². The Labute approximate surface area is 186 Å². The molecule has 3 aromatic carbocycles. The number of hydrogen-bond donors (Lipinski definition) is 0. The van der Waals surface area contributed by atoms with Crippen LogP contribution in [0.5, 0.6) is 23.0 Å². The zero-order valence-corrected chi connectivity index (χ0v) is 18.5. The number of rotatable bonds is 7. The molecule has 0 aliphatic heterocycles. The third kappa shape index (κ3) is 4.39. The SMILES string of the molecule is CCOc1ccc2oc(-c3ccc(OC)c(OC)c3)cc(=Nc3cccc(OC)c3)c2c1. The third-order valence-electron chi connectivity index (χ3n) is 5.00. The van der Waals surface area contributed by atoms with Crippen LogP contribution >= 0.6 is 0 Å². The molecule has 0 N–H and O–H groups in total. The highest BCUT2D eigenvalue weighted by molar-refractivity contribution is 5.80. The Balaban J connectivity index is 1.95. The van der Waals surface area contributed by atoms with Gasteiger partial charge in [0.25, 0.3) is 0 Å². The van der Waals surface area contributed by atoms with Crippen molar-refractivity contribution >= 4 is 16.7 Å². The van der Waals surface area contributed by atoms with Crippen molar-refractivity contribution < 1.29 is 23.4 Å². The van der Waals surface area contributed by atoms with Crippen molar-refractivity contribution in [2.24, 2.45) is 4.99 Å². The summed E-state index contributed by atoms with van der Waals surface area (Å²) in [6, 6.07) is 20.9. The molecule has 1 aromatic heterocycles. The van der Waals surface area contributed by atoms with Gasteiger partial charge in [-0.3, -0.25) is 0 Å². The highest BCUT2D eigenvalue weighted by Gasteiger charge is 2.11. The fraction of sp³-hybridized carbons (Fsp3) is 0.192. The van der Waals surface area contributed by atoms with Crippen LogP contribution in [0.25, 0.3) is 22.3 Å². The van der Waals surface area contributed by atoms with Gasteiger partial charge in [-0.15, -0.1) is 0 Å². The minimum atomic E-state index is 0.578. The molecule has 0 aliphatic carbocycles. The molecule has 0 atom stereocenters. The second-order valence-corrected chi connectivity index (χ2v) is 6.97. The number of benzene rings is 3. The van der Waals surface area contributed by atoms with Crippen LogP contribution in [0.2, 0.25) is 0 Å². The molecular weight excluding hydrogens is 406 g/mol. The maximum atomic E-state index is 6.24. The Morgan fingerprint density at radius 3 is 2.38 bits per heavy atom. The van der Waals surface area contributed by atoms with Gasteiger partial charge >= 0.3 is 0 Å². The second-order valence-electron chi connectivity index (χ2n) is 6.97. The van der Waals surface area contributed by atoms with E-state index in [1.165, 1.54) is 0 Å². The molecule has 0 saturated carbocycles. The number of ether oxygens (including phenoxy) is 4. The molecule has 0 unspecified atom stereocenters. The van der Waals surface area contributed by atoms with E-state index in [0.717, 1.165) is 33.5 Å². The summed E-state index contributed by atoms with van der Waals surface area (Å²) >= 11 is 0. The largest absolute Gasteiger partial charge is 0.497 e. The zero-order chi connectivity index (χ0) is 22.5. The normalized spacial score (nSPS) is 11.4. The van der Waals surface area contributed by atoms with Crippen molar-refractivity contribution in [1.82, 2.24) is 0 Å². The number of methoxy groups -OCH3 is 3. The van der Waals surface area contributed by atoms with Crippen molar-refractivity contribution in [2.45, 2.75) is 6.92 Å². The summed E-state index contributed by atoms with van der Waals surface area (Å²) in [5.41, 5.74) is 2.32. The average Bonchev–Trinajstić information content (AvgIpc) is 2.84. The minimum Gasteiger partial charge on any atom is -0.497 e. The number of fused-ring (bicyclic) bond motifs is 1. The van der Waals surface area contributed by atoms with Gasteiger partial charge in [0, 0.05) is 23.1 Å². The van der Waals surface area contributed by atoms with Crippen LogP contribution in [0.1, 0.15) is 6.92 Å². The first-order chi connectivity index (χ1) is 15.6. The van der Waals surface area contributed by atoms with Gasteiger partial charge in [-0.1, -0.05) is 6.07 Å². The maximum absolute atomic E-state index is 6.24. The van der Waals surface area contributed by atoms with E-state index < -0.39 is 0 Å². The summed E-state index contributed by atoms with van der Waals surface area (Å²) < 4.78 is 28.1. The number of nitrogens with zero attached hydrogens (tertiary/aromatic N) is 1. The van der Waals surface area contributed by atoms with Gasteiger partial charge in [0.15, 0.2) is 11.5 Å². The van der Waals surface area contributed by atoms with Gasteiger partial charge in [0.05, 0.1) is 39.0 Å². The summed E-state index contributed by atoms with van der Waals surface area (Å²) in [4.78, 5) is 4.89. The van der Waals surface area contributed by atoms with Crippen LogP contribution in [0.15, 0.2) is 76.1 Å². The van der Waals surface area contributed by atoms with E-state index in [1.54, 1.807) is 21.3 Å². The van der Waals surface area contributed by atoms with Gasteiger partial charge in [-0.2, -0.15) is 0 Å². The molecule has 6 nitrogen and oxygen atoms in total. The van der Waals surface area contributed by atoms with E-state index in [-0.39, 0.29) is 0 Å². The molecule has 0 amide bonds. The molecule has 0 spiro atoms. The summed E-state index contributed by atoms with van der Waals surface area (Å²) in [7, 11) is 4.86. The fourth-order valence-corrected chi connectivity index (χ4v) is 3.45. The molecule has 0 bridgehead atoms. The Bertz CT molecular complexity index is 1310. The molecular formula is C26H25NO5. The van der Waals surface area contributed by atoms with E-state index in [2.05, 4.69) is 0 Å². The van der Waals surface area contributed by atoms with E-state index in [9.17, 15) is 0 Å². The molecule has 4 rings (SSSR count). The van der Waals surface area contributed by atoms with Crippen molar-refractivity contribution in [3.63, 3.8) is 0 Å². The van der Waals surface area contributed by atoms with Crippen LogP contribution in [0.3, 0.4) is 0 Å². The van der Waals surface area contributed by atoms with Gasteiger partial charge in [-0.25, -0.2) is 4.99 Å². The highest BCUT2D eigenvalue weighted by Crippen LogP contribution is 2.33. The van der Waals surface area contributed by atoms with E-state index in [4.69, 9.17) is 28.4 Å². The summed E-state index contributed by atoms with van der Waals surface area (Å²) in [6.07, 6.45) is 0. The van der Waals surface area contributed by atoms with Gasteiger partial charge < -0.3 is 23.4 Å². The first-order valence-electron chi connectivity index (χ1n) is 10.3. The smallest absolute Gasteiger partial charge is 0.161 e. The molecule has 0 aliphatic rings. The average molecular weight is 431 g/mol. The molecule has 164 valence electrons. The second kappa shape index (κ2) is 9.47. The predicted molar refractivity (Wildman–Crippen MR) is 124 cm³/mol. The van der Waals surface area contributed by atoms with Crippen molar-refractivity contribution in [3.05, 3.63) is 72.1 Å². The number of hydrogen-bond acceptors (Lipinski definition) is 6. The lowest BCUT2D eigenvalue weighted by molar-refractivity contribution is 0.340. The molecule has 0 fully saturated rings. The summed E-state index contributed by atoms with van der Waals surface area (Å²) in [5.74, 6) is 3.43. The first-order valence-corrected chi connectivity index (χ1v) is 10.3. The lowest BCUT2D eigenvalue weighted by atomic mass is 10.1.